The van der Waals surface area contributed by atoms with E-state index in [1.165, 1.54) is 37.5 Å². The number of nitrogens with one attached hydrogen (secondary N) is 1. The number of nitro groups is 1. The van der Waals surface area contributed by atoms with Crippen molar-refractivity contribution in [1.82, 2.24) is 5.32 Å². The van der Waals surface area contributed by atoms with Crippen LogP contribution in [0.25, 0.3) is 0 Å². The van der Waals surface area contributed by atoms with E-state index in [0.717, 1.165) is 12.8 Å². The summed E-state index contributed by atoms with van der Waals surface area (Å²) in [6.45, 7) is 0.998. The van der Waals surface area contributed by atoms with Crippen molar-refractivity contribution in [2.45, 2.75) is 44.6 Å². The van der Waals surface area contributed by atoms with Crippen LogP contribution in [0.2, 0.25) is 5.02 Å². The molecule has 1 saturated carbocycles. The Morgan fingerprint density at radius 2 is 2.09 bits per heavy atom. The van der Waals surface area contributed by atoms with Gasteiger partial charge in [-0.1, -0.05) is 30.9 Å². The number of hydrogen-bond donors (Lipinski definition) is 1. The van der Waals surface area contributed by atoms with Crippen molar-refractivity contribution in [1.29, 1.82) is 0 Å². The summed E-state index contributed by atoms with van der Waals surface area (Å²) in [5, 5.41) is 13.9. The van der Waals surface area contributed by atoms with E-state index in [2.05, 4.69) is 5.32 Å². The lowest BCUT2D eigenvalue weighted by molar-refractivity contribution is -0.385. The third-order valence-electron chi connectivity index (χ3n) is 3.91. The van der Waals surface area contributed by atoms with Gasteiger partial charge in [0.25, 0.3) is 11.6 Å². The zero-order valence-electron chi connectivity index (χ0n) is 12.9. The van der Waals surface area contributed by atoms with Crippen LogP contribution in [0.5, 0.6) is 0 Å². The van der Waals surface area contributed by atoms with E-state index >= 15 is 0 Å². The molecule has 0 atom stereocenters. The van der Waals surface area contributed by atoms with E-state index in [1.54, 1.807) is 0 Å². The Balaban J connectivity index is 1.76. The number of amides is 1. The molecule has 1 aliphatic rings. The van der Waals surface area contributed by atoms with E-state index in [4.69, 9.17) is 16.3 Å². The van der Waals surface area contributed by atoms with Crippen LogP contribution in [0.1, 0.15) is 48.9 Å². The van der Waals surface area contributed by atoms with E-state index in [-0.39, 0.29) is 11.3 Å². The van der Waals surface area contributed by atoms with Gasteiger partial charge in [-0.15, -0.1) is 0 Å². The predicted octanol–water partition coefficient (Wildman–Crippen LogP) is 3.72. The first kappa shape index (κ1) is 17.7. The number of ether oxygens (including phenoxy) is 1. The Labute approximate surface area is 140 Å². The van der Waals surface area contributed by atoms with E-state index < -0.39 is 10.8 Å². The quantitative estimate of drug-likeness (QED) is 0.466. The number of halogens is 1. The Morgan fingerprint density at radius 3 is 2.78 bits per heavy atom. The lowest BCUT2D eigenvalue weighted by Crippen LogP contribution is -2.27. The number of rotatable bonds is 7. The topological polar surface area (TPSA) is 81.5 Å². The molecule has 23 heavy (non-hydrogen) atoms. The number of carbonyl (C=O) groups excluding carboxylic acids is 1. The summed E-state index contributed by atoms with van der Waals surface area (Å²) < 4.78 is 5.77. The molecule has 0 unspecified atom stereocenters. The van der Waals surface area contributed by atoms with Gasteiger partial charge in [0, 0.05) is 24.2 Å². The van der Waals surface area contributed by atoms with Crippen molar-refractivity contribution >= 4 is 23.2 Å². The molecule has 1 N–H and O–H groups in total. The Morgan fingerprint density at radius 1 is 1.35 bits per heavy atom. The standard InChI is InChI=1S/C16H21ClN2O4/c17-12-7-8-15(19(21)22)14(11-12)16(20)18-9-4-10-23-13-5-2-1-3-6-13/h7-8,11,13H,1-6,9-10H2,(H,18,20). The maximum atomic E-state index is 12.1. The van der Waals surface area contributed by atoms with Crippen LogP contribution >= 0.6 is 11.6 Å². The zero-order valence-corrected chi connectivity index (χ0v) is 13.7. The number of hydrogen-bond acceptors (Lipinski definition) is 4. The summed E-state index contributed by atoms with van der Waals surface area (Å²) in [4.78, 5) is 22.4. The van der Waals surface area contributed by atoms with Crippen molar-refractivity contribution in [2.24, 2.45) is 0 Å². The molecule has 1 aromatic carbocycles. The van der Waals surface area contributed by atoms with Gasteiger partial charge in [0.05, 0.1) is 11.0 Å². The number of nitro benzene ring substituents is 1. The van der Waals surface area contributed by atoms with Gasteiger partial charge in [0.15, 0.2) is 0 Å². The molecule has 1 aliphatic carbocycles. The monoisotopic (exact) mass is 340 g/mol. The summed E-state index contributed by atoms with van der Waals surface area (Å²) in [7, 11) is 0. The van der Waals surface area contributed by atoms with Crippen LogP contribution in [-0.2, 0) is 4.74 Å². The number of nitrogens with zero attached hydrogens (tertiary/aromatic N) is 1. The average molecular weight is 341 g/mol. The molecular formula is C16H21ClN2O4. The van der Waals surface area contributed by atoms with E-state index in [9.17, 15) is 14.9 Å². The first-order valence-electron chi connectivity index (χ1n) is 7.91. The number of carbonyl (C=O) groups is 1. The molecule has 0 bridgehead atoms. The third-order valence-corrected chi connectivity index (χ3v) is 4.15. The van der Waals surface area contributed by atoms with Gasteiger partial charge in [-0.3, -0.25) is 14.9 Å². The molecule has 2 rings (SSSR count). The molecule has 0 spiro atoms. The second-order valence-electron chi connectivity index (χ2n) is 5.66. The van der Waals surface area contributed by atoms with Crippen molar-refractivity contribution in [3.8, 4) is 0 Å². The van der Waals surface area contributed by atoms with Crippen LogP contribution in [0.3, 0.4) is 0 Å². The van der Waals surface area contributed by atoms with Gasteiger partial charge in [-0.25, -0.2) is 0 Å². The molecule has 7 heteroatoms. The van der Waals surface area contributed by atoms with Gasteiger partial charge in [-0.2, -0.15) is 0 Å². The smallest absolute Gasteiger partial charge is 0.282 e. The Kier molecular flexibility index (Phi) is 6.80. The molecule has 0 heterocycles. The normalized spacial score (nSPS) is 15.3. The van der Waals surface area contributed by atoms with Crippen molar-refractivity contribution in [2.75, 3.05) is 13.2 Å². The van der Waals surface area contributed by atoms with E-state index in [0.29, 0.717) is 30.7 Å². The molecule has 6 nitrogen and oxygen atoms in total. The Bertz CT molecular complexity index is 559. The van der Waals surface area contributed by atoms with Gasteiger partial charge in [0.2, 0.25) is 0 Å². The highest BCUT2D eigenvalue weighted by Crippen LogP contribution is 2.22. The fourth-order valence-corrected chi connectivity index (χ4v) is 2.87. The summed E-state index contributed by atoms with van der Waals surface area (Å²) in [5.74, 6) is -0.489. The van der Waals surface area contributed by atoms with Crippen LogP contribution in [-0.4, -0.2) is 30.1 Å². The number of benzene rings is 1. The second-order valence-corrected chi connectivity index (χ2v) is 6.10. The van der Waals surface area contributed by atoms with Crippen LogP contribution < -0.4 is 5.32 Å². The molecular weight excluding hydrogens is 320 g/mol. The molecule has 0 aliphatic heterocycles. The summed E-state index contributed by atoms with van der Waals surface area (Å²) >= 11 is 5.81. The molecule has 0 aromatic heterocycles. The van der Waals surface area contributed by atoms with Crippen molar-refractivity contribution in [3.63, 3.8) is 0 Å². The molecule has 126 valence electrons. The minimum Gasteiger partial charge on any atom is -0.378 e. The average Bonchev–Trinajstić information content (AvgIpc) is 2.55. The minimum atomic E-state index is -0.586. The van der Waals surface area contributed by atoms with Crippen LogP contribution in [0.4, 0.5) is 5.69 Å². The lowest BCUT2D eigenvalue weighted by Gasteiger charge is -2.21. The first-order chi connectivity index (χ1) is 11.1. The highest BCUT2D eigenvalue weighted by atomic mass is 35.5. The van der Waals surface area contributed by atoms with Crippen LogP contribution in [0.15, 0.2) is 18.2 Å². The second kappa shape index (κ2) is 8.84. The maximum absolute atomic E-state index is 12.1. The summed E-state index contributed by atoms with van der Waals surface area (Å²) in [5.41, 5.74) is -0.263. The fourth-order valence-electron chi connectivity index (χ4n) is 2.70. The Hall–Kier alpha value is -1.66. The molecule has 0 radical (unpaired) electrons. The van der Waals surface area contributed by atoms with Gasteiger partial charge >= 0.3 is 0 Å². The van der Waals surface area contributed by atoms with Crippen molar-refractivity contribution < 1.29 is 14.5 Å². The predicted molar refractivity (Wildman–Crippen MR) is 87.9 cm³/mol. The molecule has 1 amide bonds. The fraction of sp³-hybridized carbons (Fsp3) is 0.562. The summed E-state index contributed by atoms with van der Waals surface area (Å²) in [6, 6.07) is 3.95. The van der Waals surface area contributed by atoms with Crippen molar-refractivity contribution in [3.05, 3.63) is 38.9 Å². The van der Waals surface area contributed by atoms with Gasteiger partial charge in [0.1, 0.15) is 5.56 Å². The highest BCUT2D eigenvalue weighted by Gasteiger charge is 2.20. The molecule has 1 fully saturated rings. The van der Waals surface area contributed by atoms with Gasteiger partial charge < -0.3 is 10.1 Å². The van der Waals surface area contributed by atoms with Crippen LogP contribution in [0, 0.1) is 10.1 Å². The largest absolute Gasteiger partial charge is 0.378 e. The SMILES string of the molecule is O=C(NCCCOC1CCCCC1)c1cc(Cl)ccc1[N+](=O)[O-]. The van der Waals surface area contributed by atoms with Gasteiger partial charge in [-0.05, 0) is 31.4 Å². The minimum absolute atomic E-state index is 0.0179. The molecule has 1 aromatic rings. The first-order valence-corrected chi connectivity index (χ1v) is 8.29. The molecule has 0 saturated heterocycles. The lowest BCUT2D eigenvalue weighted by atomic mass is 9.98. The maximum Gasteiger partial charge on any atom is 0.282 e. The third kappa shape index (κ3) is 5.48. The zero-order chi connectivity index (χ0) is 16.7. The highest BCUT2D eigenvalue weighted by molar-refractivity contribution is 6.31. The van der Waals surface area contributed by atoms with E-state index in [1.807, 2.05) is 0 Å². The summed E-state index contributed by atoms with van der Waals surface area (Å²) in [6.07, 6.45) is 6.97.